The topological polar surface area (TPSA) is 77.0 Å². The molecule has 90 valence electrons. The molecule has 0 bridgehead atoms. The fraction of sp³-hybridized carbons (Fsp3) is 0.0769. The van der Waals surface area contributed by atoms with Crippen molar-refractivity contribution in [3.05, 3.63) is 36.7 Å². The highest BCUT2D eigenvalue weighted by Gasteiger charge is 2.14. The summed E-state index contributed by atoms with van der Waals surface area (Å²) in [5.41, 5.74) is 8.42. The van der Waals surface area contributed by atoms with Crippen LogP contribution < -0.4 is 5.73 Å². The van der Waals surface area contributed by atoms with Gasteiger partial charge in [0.1, 0.15) is 11.6 Å². The molecule has 0 atom stereocenters. The van der Waals surface area contributed by atoms with Gasteiger partial charge in [0.15, 0.2) is 0 Å². The van der Waals surface area contributed by atoms with Gasteiger partial charge in [0.2, 0.25) is 0 Å². The number of rotatable bonds is 1. The van der Waals surface area contributed by atoms with Crippen LogP contribution in [-0.4, -0.2) is 19.6 Å². The quantitative estimate of drug-likeness (QED) is 0.503. The fourth-order valence-electron chi connectivity index (χ4n) is 2.02. The van der Waals surface area contributed by atoms with Gasteiger partial charge in [-0.2, -0.15) is 0 Å². The number of benzene rings is 1. The number of aryl methyl sites for hydroxylation is 1. The van der Waals surface area contributed by atoms with Crippen molar-refractivity contribution >= 4 is 16.7 Å². The normalized spacial score (nSPS) is 10.9. The second-order valence-electron chi connectivity index (χ2n) is 4.10. The van der Waals surface area contributed by atoms with Crippen LogP contribution in [0.2, 0.25) is 0 Å². The van der Waals surface area contributed by atoms with Crippen molar-refractivity contribution in [2.24, 2.45) is 7.05 Å². The highest BCUT2D eigenvalue weighted by atomic mass is 16.3. The molecule has 0 aliphatic rings. The van der Waals surface area contributed by atoms with Gasteiger partial charge in [-0.1, -0.05) is 6.07 Å². The van der Waals surface area contributed by atoms with E-state index in [9.17, 15) is 5.11 Å². The van der Waals surface area contributed by atoms with Gasteiger partial charge in [-0.05, 0) is 18.2 Å². The number of hydrogen-bond donors (Lipinski definition) is 2. The van der Waals surface area contributed by atoms with Crippen LogP contribution >= 0.6 is 0 Å². The summed E-state index contributed by atoms with van der Waals surface area (Å²) in [5, 5.41) is 10.0. The Morgan fingerprint density at radius 2 is 2.11 bits per heavy atom. The molecule has 5 nitrogen and oxygen atoms in total. The molecular formula is C13H12N4O. The fourth-order valence-corrected chi connectivity index (χ4v) is 2.02. The highest BCUT2D eigenvalue weighted by Crippen LogP contribution is 2.34. The predicted octanol–water partition coefficient (Wildman–Crippen LogP) is 1.92. The van der Waals surface area contributed by atoms with Crippen LogP contribution in [0.4, 0.5) is 5.69 Å². The Hall–Kier alpha value is -2.56. The Morgan fingerprint density at radius 1 is 1.28 bits per heavy atom. The molecular weight excluding hydrogens is 228 g/mol. The van der Waals surface area contributed by atoms with Crippen molar-refractivity contribution < 1.29 is 5.11 Å². The van der Waals surface area contributed by atoms with Gasteiger partial charge < -0.3 is 15.4 Å². The first kappa shape index (κ1) is 10.6. The number of nitrogens with two attached hydrogens (primary N) is 1. The van der Waals surface area contributed by atoms with Gasteiger partial charge in [-0.3, -0.25) is 4.98 Å². The van der Waals surface area contributed by atoms with Gasteiger partial charge in [0, 0.05) is 13.2 Å². The summed E-state index contributed by atoms with van der Waals surface area (Å²) in [4.78, 5) is 8.56. The molecule has 3 aromatic rings. The van der Waals surface area contributed by atoms with E-state index >= 15 is 0 Å². The van der Waals surface area contributed by atoms with Crippen molar-refractivity contribution in [1.82, 2.24) is 14.5 Å². The van der Waals surface area contributed by atoms with E-state index in [4.69, 9.17) is 5.73 Å². The molecule has 5 heteroatoms. The van der Waals surface area contributed by atoms with E-state index < -0.39 is 0 Å². The number of fused-ring (bicyclic) bond motifs is 1. The number of aromatic nitrogens is 3. The molecule has 0 aliphatic carbocycles. The van der Waals surface area contributed by atoms with Gasteiger partial charge in [-0.25, -0.2) is 4.98 Å². The lowest BCUT2D eigenvalue weighted by Gasteiger charge is -2.06. The zero-order valence-corrected chi connectivity index (χ0v) is 9.83. The molecule has 0 unspecified atom stereocenters. The summed E-state index contributed by atoms with van der Waals surface area (Å²) in [6.07, 6.45) is 3.44. The molecule has 3 N–H and O–H groups in total. The van der Waals surface area contributed by atoms with Gasteiger partial charge in [0.05, 0.1) is 28.5 Å². The Morgan fingerprint density at radius 3 is 2.89 bits per heavy atom. The van der Waals surface area contributed by atoms with Crippen LogP contribution in [-0.2, 0) is 7.05 Å². The third-order valence-corrected chi connectivity index (χ3v) is 2.99. The smallest absolute Gasteiger partial charge is 0.149 e. The summed E-state index contributed by atoms with van der Waals surface area (Å²) < 4.78 is 1.89. The average molecular weight is 240 g/mol. The summed E-state index contributed by atoms with van der Waals surface area (Å²) in [6, 6.07) is 7.08. The van der Waals surface area contributed by atoms with Crippen molar-refractivity contribution in [3.8, 4) is 17.1 Å². The van der Waals surface area contributed by atoms with Crippen molar-refractivity contribution in [2.45, 2.75) is 0 Å². The second-order valence-corrected chi connectivity index (χ2v) is 4.10. The number of imidazole rings is 1. The van der Waals surface area contributed by atoms with E-state index in [1.165, 1.54) is 0 Å². The minimum atomic E-state index is 0.0591. The van der Waals surface area contributed by atoms with E-state index in [-0.39, 0.29) is 5.75 Å². The minimum absolute atomic E-state index is 0.0591. The molecule has 3 rings (SSSR count). The average Bonchev–Trinajstić information content (AvgIpc) is 2.71. The number of phenolic OH excluding ortho intramolecular Hbond substituents is 1. The monoisotopic (exact) mass is 240 g/mol. The second kappa shape index (κ2) is 3.73. The highest BCUT2D eigenvalue weighted by molar-refractivity contribution is 5.82. The largest absolute Gasteiger partial charge is 0.505 e. The molecule has 18 heavy (non-hydrogen) atoms. The van der Waals surface area contributed by atoms with Crippen molar-refractivity contribution in [3.63, 3.8) is 0 Å². The van der Waals surface area contributed by atoms with E-state index in [1.54, 1.807) is 30.6 Å². The van der Waals surface area contributed by atoms with Crippen molar-refractivity contribution in [2.75, 3.05) is 5.73 Å². The van der Waals surface area contributed by atoms with Crippen molar-refractivity contribution in [1.29, 1.82) is 0 Å². The Labute approximate surface area is 104 Å². The number of para-hydroxylation sites is 1. The lowest BCUT2D eigenvalue weighted by atomic mass is 10.1. The zero-order chi connectivity index (χ0) is 12.7. The zero-order valence-electron chi connectivity index (χ0n) is 9.83. The van der Waals surface area contributed by atoms with E-state index in [0.29, 0.717) is 17.1 Å². The summed E-state index contributed by atoms with van der Waals surface area (Å²) >= 11 is 0. The molecule has 2 heterocycles. The SMILES string of the molecule is Cn1c(-c2cccc(N)c2O)nc2ccncc21. The van der Waals surface area contributed by atoms with E-state index in [2.05, 4.69) is 9.97 Å². The maximum atomic E-state index is 10.0. The van der Waals surface area contributed by atoms with Gasteiger partial charge in [0.25, 0.3) is 0 Å². The third kappa shape index (κ3) is 1.41. The minimum Gasteiger partial charge on any atom is -0.505 e. The molecule has 1 aromatic carbocycles. The van der Waals surface area contributed by atoms with E-state index in [0.717, 1.165) is 11.0 Å². The summed E-state index contributed by atoms with van der Waals surface area (Å²) in [5.74, 6) is 0.728. The standard InChI is InChI=1S/C13H12N4O/c1-17-11-7-15-6-5-10(11)16-13(17)8-3-2-4-9(14)12(8)18/h2-7,18H,14H2,1H3. The maximum absolute atomic E-state index is 10.0. The van der Waals surface area contributed by atoms with Crippen LogP contribution in [0.3, 0.4) is 0 Å². The molecule has 0 aliphatic heterocycles. The Bertz CT molecular complexity index is 733. The molecule has 0 radical (unpaired) electrons. The summed E-state index contributed by atoms with van der Waals surface area (Å²) in [6.45, 7) is 0. The third-order valence-electron chi connectivity index (χ3n) is 2.99. The molecule has 0 spiro atoms. The number of pyridine rings is 1. The van der Waals surface area contributed by atoms with Crippen LogP contribution in [0.5, 0.6) is 5.75 Å². The number of aromatic hydroxyl groups is 1. The van der Waals surface area contributed by atoms with Crippen LogP contribution in [0.15, 0.2) is 36.7 Å². The predicted molar refractivity (Wildman–Crippen MR) is 70.0 cm³/mol. The Balaban J connectivity index is 2.32. The molecule has 0 saturated carbocycles. The van der Waals surface area contributed by atoms with E-state index in [1.807, 2.05) is 17.7 Å². The lowest BCUT2D eigenvalue weighted by Crippen LogP contribution is -1.94. The van der Waals surface area contributed by atoms with Crippen LogP contribution in [0.25, 0.3) is 22.4 Å². The van der Waals surface area contributed by atoms with Gasteiger partial charge in [-0.15, -0.1) is 0 Å². The number of hydrogen-bond acceptors (Lipinski definition) is 4. The van der Waals surface area contributed by atoms with Gasteiger partial charge >= 0.3 is 0 Å². The molecule has 0 fully saturated rings. The Kier molecular flexibility index (Phi) is 2.19. The first-order chi connectivity index (χ1) is 8.68. The number of nitrogens with zero attached hydrogens (tertiary/aromatic N) is 3. The first-order valence-electron chi connectivity index (χ1n) is 5.53. The maximum Gasteiger partial charge on any atom is 0.149 e. The molecule has 0 saturated heterocycles. The van der Waals surface area contributed by atoms with Crippen LogP contribution in [0.1, 0.15) is 0 Å². The molecule has 0 amide bonds. The molecule has 2 aromatic heterocycles. The number of phenols is 1. The lowest BCUT2D eigenvalue weighted by molar-refractivity contribution is 0.479. The first-order valence-corrected chi connectivity index (χ1v) is 5.53. The summed E-state index contributed by atoms with van der Waals surface area (Å²) in [7, 11) is 1.88. The number of anilines is 1. The van der Waals surface area contributed by atoms with Crippen LogP contribution in [0, 0.1) is 0 Å². The number of nitrogen functional groups attached to an aromatic ring is 1.